The van der Waals surface area contributed by atoms with Crippen LogP contribution in [0.1, 0.15) is 0 Å². The first-order valence-electron chi connectivity index (χ1n) is 7.08. The standard InChI is InChI=1S/C16H16BrClN2O4S/c1-24-13-8-7-12(16(15(13)18)25(2,22)23)19-9-14(21)20-11-5-3-10(17)4-6-11/h3-8,19H,9H2,1-2H3,(H,20,21). The van der Waals surface area contributed by atoms with Gasteiger partial charge in [0.1, 0.15) is 15.7 Å². The maximum atomic E-state index is 12.0. The number of halogens is 2. The van der Waals surface area contributed by atoms with Crippen molar-refractivity contribution >= 4 is 54.7 Å². The Balaban J connectivity index is 2.16. The molecule has 0 bridgehead atoms. The number of carbonyl (C=O) groups is 1. The zero-order chi connectivity index (χ0) is 18.6. The molecule has 0 saturated heterocycles. The molecule has 0 unspecified atom stereocenters. The van der Waals surface area contributed by atoms with Crippen molar-refractivity contribution in [1.29, 1.82) is 0 Å². The number of benzene rings is 2. The van der Waals surface area contributed by atoms with Crippen LogP contribution in [0.25, 0.3) is 0 Å². The Kier molecular flexibility index (Phi) is 6.31. The topological polar surface area (TPSA) is 84.5 Å². The minimum atomic E-state index is -3.62. The number of rotatable bonds is 6. The van der Waals surface area contributed by atoms with Gasteiger partial charge in [0.05, 0.1) is 19.3 Å². The second kappa shape index (κ2) is 8.07. The fourth-order valence-electron chi connectivity index (χ4n) is 2.11. The van der Waals surface area contributed by atoms with E-state index >= 15 is 0 Å². The van der Waals surface area contributed by atoms with Crippen LogP contribution in [0.5, 0.6) is 5.75 Å². The van der Waals surface area contributed by atoms with Gasteiger partial charge in [0.15, 0.2) is 9.84 Å². The Morgan fingerprint density at radius 2 is 1.84 bits per heavy atom. The molecule has 1 amide bonds. The van der Waals surface area contributed by atoms with Crippen molar-refractivity contribution < 1.29 is 17.9 Å². The average molecular weight is 448 g/mol. The van der Waals surface area contributed by atoms with Gasteiger partial charge in [-0.3, -0.25) is 4.79 Å². The third-order valence-electron chi connectivity index (χ3n) is 3.22. The summed E-state index contributed by atoms with van der Waals surface area (Å²) in [7, 11) is -2.22. The van der Waals surface area contributed by atoms with E-state index < -0.39 is 9.84 Å². The number of anilines is 2. The molecule has 2 aromatic carbocycles. The third kappa shape index (κ3) is 5.10. The predicted molar refractivity (Wildman–Crippen MR) is 102 cm³/mol. The van der Waals surface area contributed by atoms with Crippen LogP contribution in [0.15, 0.2) is 45.8 Å². The lowest BCUT2D eigenvalue weighted by Crippen LogP contribution is -2.22. The summed E-state index contributed by atoms with van der Waals surface area (Å²) in [5, 5.41) is 5.48. The first-order chi connectivity index (χ1) is 11.7. The van der Waals surface area contributed by atoms with Crippen LogP contribution in [-0.4, -0.2) is 34.2 Å². The first-order valence-corrected chi connectivity index (χ1v) is 10.1. The Bertz CT molecular complexity index is 886. The Hall–Kier alpha value is -1.77. The summed E-state index contributed by atoms with van der Waals surface area (Å²) in [6.07, 6.45) is 1.04. The van der Waals surface area contributed by atoms with Gasteiger partial charge in [0.2, 0.25) is 5.91 Å². The van der Waals surface area contributed by atoms with Crippen molar-refractivity contribution in [2.24, 2.45) is 0 Å². The fourth-order valence-corrected chi connectivity index (χ4v) is 4.00. The van der Waals surface area contributed by atoms with E-state index in [-0.39, 0.29) is 33.8 Å². The Morgan fingerprint density at radius 1 is 1.20 bits per heavy atom. The summed E-state index contributed by atoms with van der Waals surface area (Å²) < 4.78 is 30.0. The van der Waals surface area contributed by atoms with Crippen molar-refractivity contribution in [3.8, 4) is 5.75 Å². The van der Waals surface area contributed by atoms with Crippen LogP contribution < -0.4 is 15.4 Å². The van der Waals surface area contributed by atoms with E-state index in [1.165, 1.54) is 19.2 Å². The molecule has 9 heteroatoms. The molecule has 134 valence electrons. The molecule has 0 aromatic heterocycles. The molecule has 25 heavy (non-hydrogen) atoms. The average Bonchev–Trinajstić information content (AvgIpc) is 2.54. The van der Waals surface area contributed by atoms with E-state index in [1.807, 2.05) is 0 Å². The molecular formula is C16H16BrClN2O4S. The summed E-state index contributed by atoms with van der Waals surface area (Å²) in [4.78, 5) is 11.9. The summed E-state index contributed by atoms with van der Waals surface area (Å²) in [5.74, 6) is -0.0827. The number of amides is 1. The van der Waals surface area contributed by atoms with Crippen LogP contribution in [0, 0.1) is 0 Å². The van der Waals surface area contributed by atoms with Gasteiger partial charge in [-0.1, -0.05) is 27.5 Å². The predicted octanol–water partition coefficient (Wildman–Crippen LogP) is 3.57. The van der Waals surface area contributed by atoms with Gasteiger partial charge < -0.3 is 15.4 Å². The van der Waals surface area contributed by atoms with Gasteiger partial charge in [-0.2, -0.15) is 0 Å². The normalized spacial score (nSPS) is 11.0. The summed E-state index contributed by atoms with van der Waals surface area (Å²) >= 11 is 9.42. The number of carbonyl (C=O) groups excluding carboxylic acids is 1. The highest BCUT2D eigenvalue weighted by Crippen LogP contribution is 2.36. The zero-order valence-corrected chi connectivity index (χ0v) is 16.6. The molecule has 2 rings (SSSR count). The van der Waals surface area contributed by atoms with E-state index in [0.29, 0.717) is 5.69 Å². The monoisotopic (exact) mass is 446 g/mol. The largest absolute Gasteiger partial charge is 0.495 e. The summed E-state index contributed by atoms with van der Waals surface area (Å²) in [5.41, 5.74) is 0.866. The molecule has 0 aliphatic carbocycles. The quantitative estimate of drug-likeness (QED) is 0.707. The maximum Gasteiger partial charge on any atom is 0.243 e. The lowest BCUT2D eigenvalue weighted by molar-refractivity contribution is -0.114. The smallest absolute Gasteiger partial charge is 0.243 e. The van der Waals surface area contributed by atoms with Crippen molar-refractivity contribution in [1.82, 2.24) is 0 Å². The van der Waals surface area contributed by atoms with E-state index in [4.69, 9.17) is 16.3 Å². The van der Waals surface area contributed by atoms with Crippen LogP contribution >= 0.6 is 27.5 Å². The summed E-state index contributed by atoms with van der Waals surface area (Å²) in [6, 6.07) is 10.1. The highest BCUT2D eigenvalue weighted by Gasteiger charge is 2.21. The molecular weight excluding hydrogens is 432 g/mol. The maximum absolute atomic E-state index is 12.0. The van der Waals surface area contributed by atoms with E-state index in [9.17, 15) is 13.2 Å². The molecule has 0 aliphatic rings. The second-order valence-electron chi connectivity index (χ2n) is 5.14. The van der Waals surface area contributed by atoms with Gasteiger partial charge in [-0.05, 0) is 36.4 Å². The van der Waals surface area contributed by atoms with Gasteiger partial charge >= 0.3 is 0 Å². The van der Waals surface area contributed by atoms with Gasteiger partial charge in [0.25, 0.3) is 0 Å². The van der Waals surface area contributed by atoms with Crippen molar-refractivity contribution in [3.63, 3.8) is 0 Å². The van der Waals surface area contributed by atoms with Crippen molar-refractivity contribution in [2.45, 2.75) is 4.90 Å². The number of ether oxygens (including phenoxy) is 1. The minimum absolute atomic E-state index is 0.0247. The SMILES string of the molecule is COc1ccc(NCC(=O)Nc2ccc(Br)cc2)c(S(C)(=O)=O)c1Cl. The molecule has 0 fully saturated rings. The summed E-state index contributed by atoms with van der Waals surface area (Å²) in [6.45, 7) is -0.124. The number of nitrogens with one attached hydrogen (secondary N) is 2. The van der Waals surface area contributed by atoms with Crippen molar-refractivity contribution in [3.05, 3.63) is 45.9 Å². The van der Waals surface area contributed by atoms with E-state index in [1.54, 1.807) is 24.3 Å². The van der Waals surface area contributed by atoms with Crippen LogP contribution in [-0.2, 0) is 14.6 Å². The molecule has 0 spiro atoms. The highest BCUT2D eigenvalue weighted by molar-refractivity contribution is 9.10. The molecule has 2 aromatic rings. The lowest BCUT2D eigenvalue weighted by Gasteiger charge is -2.14. The molecule has 6 nitrogen and oxygen atoms in total. The van der Waals surface area contributed by atoms with Gasteiger partial charge in [0, 0.05) is 16.4 Å². The Labute approximate surface area is 159 Å². The van der Waals surface area contributed by atoms with Crippen LogP contribution in [0.2, 0.25) is 5.02 Å². The zero-order valence-electron chi connectivity index (χ0n) is 13.5. The molecule has 0 radical (unpaired) electrons. The Morgan fingerprint density at radius 3 is 2.40 bits per heavy atom. The molecule has 0 saturated carbocycles. The number of hydrogen-bond acceptors (Lipinski definition) is 5. The lowest BCUT2D eigenvalue weighted by atomic mass is 10.3. The number of sulfone groups is 1. The number of methoxy groups -OCH3 is 1. The molecule has 2 N–H and O–H groups in total. The molecule has 0 heterocycles. The third-order valence-corrected chi connectivity index (χ3v) is 5.40. The van der Waals surface area contributed by atoms with Crippen LogP contribution in [0.4, 0.5) is 11.4 Å². The highest BCUT2D eigenvalue weighted by atomic mass is 79.9. The fraction of sp³-hybridized carbons (Fsp3) is 0.188. The van der Waals surface area contributed by atoms with Crippen molar-refractivity contribution in [2.75, 3.05) is 30.5 Å². The van der Waals surface area contributed by atoms with Crippen LogP contribution in [0.3, 0.4) is 0 Å². The number of hydrogen-bond donors (Lipinski definition) is 2. The second-order valence-corrected chi connectivity index (χ2v) is 8.39. The van der Waals surface area contributed by atoms with E-state index in [0.717, 1.165) is 10.7 Å². The van der Waals surface area contributed by atoms with E-state index in [2.05, 4.69) is 26.6 Å². The first kappa shape index (κ1) is 19.6. The van der Waals surface area contributed by atoms with Gasteiger partial charge in [-0.25, -0.2) is 8.42 Å². The van der Waals surface area contributed by atoms with Gasteiger partial charge in [-0.15, -0.1) is 0 Å². The minimum Gasteiger partial charge on any atom is -0.495 e. The molecule has 0 aliphatic heterocycles. The molecule has 0 atom stereocenters.